The number of rotatable bonds is 4. The number of carbonyl (C=O) groups is 1. The van der Waals surface area contributed by atoms with Gasteiger partial charge in [0.2, 0.25) is 5.91 Å². The molecule has 1 aliphatic rings. The Labute approximate surface area is 150 Å². The van der Waals surface area contributed by atoms with E-state index in [0.717, 1.165) is 37.4 Å². The van der Waals surface area contributed by atoms with Crippen molar-refractivity contribution in [2.45, 2.75) is 39.8 Å². The summed E-state index contributed by atoms with van der Waals surface area (Å²) in [7, 11) is 2.13. The van der Waals surface area contributed by atoms with Gasteiger partial charge < -0.3 is 4.90 Å². The number of hydrogen-bond acceptors (Lipinski definition) is 3. The average Bonchev–Trinajstić information content (AvgIpc) is 2.89. The summed E-state index contributed by atoms with van der Waals surface area (Å²) in [6.07, 6.45) is 0.955. The van der Waals surface area contributed by atoms with Crippen LogP contribution in [0.2, 0.25) is 0 Å². The van der Waals surface area contributed by atoms with Crippen LogP contribution in [0, 0.1) is 13.8 Å². The Hall–Kier alpha value is -2.14. The fraction of sp³-hybridized carbons (Fsp3) is 0.500. The van der Waals surface area contributed by atoms with Crippen molar-refractivity contribution in [3.8, 4) is 0 Å². The summed E-state index contributed by atoms with van der Waals surface area (Å²) >= 11 is 0. The van der Waals surface area contributed by atoms with Crippen LogP contribution in [0.4, 0.5) is 0 Å². The van der Waals surface area contributed by atoms with Crippen LogP contribution < -0.4 is 0 Å². The third kappa shape index (κ3) is 3.61. The van der Waals surface area contributed by atoms with E-state index >= 15 is 0 Å². The smallest absolute Gasteiger partial charge is 0.244 e. The van der Waals surface area contributed by atoms with Gasteiger partial charge in [0, 0.05) is 25.3 Å². The molecule has 1 aromatic heterocycles. The van der Waals surface area contributed by atoms with Gasteiger partial charge in [-0.15, -0.1) is 0 Å². The molecule has 1 fully saturated rings. The van der Waals surface area contributed by atoms with E-state index in [0.29, 0.717) is 6.54 Å². The zero-order valence-corrected chi connectivity index (χ0v) is 15.7. The maximum atomic E-state index is 12.9. The topological polar surface area (TPSA) is 41.4 Å². The number of hydrogen-bond donors (Lipinski definition) is 0. The zero-order chi connectivity index (χ0) is 18.0. The van der Waals surface area contributed by atoms with Gasteiger partial charge in [0.1, 0.15) is 6.54 Å². The number of nitrogens with zero attached hydrogens (tertiary/aromatic N) is 4. The standard InChI is InChI=1S/C20H28N4O/c1-5-18-15(2)21-24(16(18)3)14-20(25)23-12-11-22(4)19(13-23)17-9-7-6-8-10-17/h6-10,19H,5,11-14H2,1-4H3/t19-/m1/s1. The number of aryl methyl sites for hydroxylation is 1. The molecule has 1 saturated heterocycles. The van der Waals surface area contributed by atoms with E-state index in [1.54, 1.807) is 0 Å². The van der Waals surface area contributed by atoms with Crippen LogP contribution in [0.1, 0.15) is 35.5 Å². The molecule has 0 aliphatic carbocycles. The summed E-state index contributed by atoms with van der Waals surface area (Å²) < 4.78 is 1.87. The molecule has 0 spiro atoms. The minimum Gasteiger partial charge on any atom is -0.338 e. The van der Waals surface area contributed by atoms with Crippen LogP contribution in [-0.2, 0) is 17.8 Å². The third-order valence-corrected chi connectivity index (χ3v) is 5.35. The molecule has 0 radical (unpaired) electrons. The Morgan fingerprint density at radius 1 is 1.20 bits per heavy atom. The van der Waals surface area contributed by atoms with Gasteiger partial charge >= 0.3 is 0 Å². The predicted octanol–water partition coefficient (Wildman–Crippen LogP) is 2.58. The summed E-state index contributed by atoms with van der Waals surface area (Å²) in [5.41, 5.74) is 4.67. The van der Waals surface area contributed by atoms with Crippen LogP contribution >= 0.6 is 0 Å². The van der Waals surface area contributed by atoms with Crippen LogP contribution in [-0.4, -0.2) is 52.2 Å². The molecule has 5 nitrogen and oxygen atoms in total. The van der Waals surface area contributed by atoms with Gasteiger partial charge in [-0.2, -0.15) is 5.10 Å². The minimum absolute atomic E-state index is 0.155. The fourth-order valence-electron chi connectivity index (χ4n) is 3.76. The first-order valence-corrected chi connectivity index (χ1v) is 9.07. The lowest BCUT2D eigenvalue weighted by Crippen LogP contribution is -2.49. The quantitative estimate of drug-likeness (QED) is 0.859. The van der Waals surface area contributed by atoms with E-state index < -0.39 is 0 Å². The first kappa shape index (κ1) is 17.7. The fourth-order valence-corrected chi connectivity index (χ4v) is 3.76. The Kier molecular flexibility index (Phi) is 5.23. The molecule has 5 heteroatoms. The maximum Gasteiger partial charge on any atom is 0.244 e. The first-order valence-electron chi connectivity index (χ1n) is 9.07. The Bertz CT molecular complexity index is 738. The van der Waals surface area contributed by atoms with Gasteiger partial charge in [0.15, 0.2) is 0 Å². The Balaban J connectivity index is 1.72. The molecule has 0 bridgehead atoms. The second-order valence-electron chi connectivity index (χ2n) is 6.91. The molecule has 1 aromatic carbocycles. The van der Waals surface area contributed by atoms with Crippen LogP contribution in [0.5, 0.6) is 0 Å². The number of likely N-dealkylation sites (N-methyl/N-ethyl adjacent to an activating group) is 1. The van der Waals surface area contributed by atoms with Gasteiger partial charge in [-0.25, -0.2) is 0 Å². The van der Waals surface area contributed by atoms with E-state index in [-0.39, 0.29) is 11.9 Å². The monoisotopic (exact) mass is 340 g/mol. The normalized spacial score (nSPS) is 18.6. The van der Waals surface area contributed by atoms with Crippen molar-refractivity contribution in [3.05, 3.63) is 52.8 Å². The Morgan fingerprint density at radius 3 is 2.56 bits per heavy atom. The molecule has 2 aromatic rings. The highest BCUT2D eigenvalue weighted by molar-refractivity contribution is 5.76. The summed E-state index contributed by atoms with van der Waals surface area (Å²) in [6.45, 7) is 8.95. The number of amides is 1. The van der Waals surface area contributed by atoms with Crippen molar-refractivity contribution in [2.75, 3.05) is 26.7 Å². The molecule has 25 heavy (non-hydrogen) atoms. The highest BCUT2D eigenvalue weighted by Gasteiger charge is 2.28. The summed E-state index contributed by atoms with van der Waals surface area (Å²) in [5, 5.41) is 4.57. The zero-order valence-electron chi connectivity index (χ0n) is 15.7. The van der Waals surface area contributed by atoms with E-state index in [1.165, 1.54) is 11.1 Å². The number of aromatic nitrogens is 2. The van der Waals surface area contributed by atoms with Crippen molar-refractivity contribution < 1.29 is 4.79 Å². The SMILES string of the molecule is CCc1c(C)nn(CC(=O)N2CCN(C)[C@@H](c3ccccc3)C2)c1C. The van der Waals surface area contributed by atoms with E-state index in [9.17, 15) is 4.79 Å². The summed E-state index contributed by atoms with van der Waals surface area (Å²) in [4.78, 5) is 17.2. The lowest BCUT2D eigenvalue weighted by atomic mass is 10.0. The lowest BCUT2D eigenvalue weighted by Gasteiger charge is -2.39. The molecular weight excluding hydrogens is 312 g/mol. The van der Waals surface area contributed by atoms with Crippen molar-refractivity contribution in [1.29, 1.82) is 0 Å². The van der Waals surface area contributed by atoms with Gasteiger partial charge in [-0.3, -0.25) is 14.4 Å². The van der Waals surface area contributed by atoms with Crippen LogP contribution in [0.25, 0.3) is 0 Å². The van der Waals surface area contributed by atoms with Crippen LogP contribution in [0.3, 0.4) is 0 Å². The molecule has 1 aliphatic heterocycles. The molecule has 2 heterocycles. The molecule has 134 valence electrons. The largest absolute Gasteiger partial charge is 0.338 e. The minimum atomic E-state index is 0.155. The van der Waals surface area contributed by atoms with Gasteiger partial charge in [0.05, 0.1) is 11.7 Å². The summed E-state index contributed by atoms with van der Waals surface area (Å²) in [5.74, 6) is 0.155. The lowest BCUT2D eigenvalue weighted by molar-refractivity contribution is -0.134. The first-order chi connectivity index (χ1) is 12.0. The van der Waals surface area contributed by atoms with Crippen molar-refractivity contribution in [1.82, 2.24) is 19.6 Å². The van der Waals surface area contributed by atoms with Crippen molar-refractivity contribution in [2.24, 2.45) is 0 Å². The van der Waals surface area contributed by atoms with Crippen molar-refractivity contribution >= 4 is 5.91 Å². The summed E-state index contributed by atoms with van der Waals surface area (Å²) in [6, 6.07) is 10.7. The second-order valence-corrected chi connectivity index (χ2v) is 6.91. The molecule has 1 atom stereocenters. The highest BCUT2D eigenvalue weighted by atomic mass is 16.2. The molecular formula is C20H28N4O. The van der Waals surface area contributed by atoms with Gasteiger partial charge in [-0.1, -0.05) is 37.3 Å². The van der Waals surface area contributed by atoms with Crippen LogP contribution in [0.15, 0.2) is 30.3 Å². The molecule has 0 unspecified atom stereocenters. The maximum absolute atomic E-state index is 12.9. The van der Waals surface area contributed by atoms with E-state index in [2.05, 4.69) is 55.2 Å². The third-order valence-electron chi connectivity index (χ3n) is 5.35. The highest BCUT2D eigenvalue weighted by Crippen LogP contribution is 2.24. The number of carbonyl (C=O) groups excluding carboxylic acids is 1. The predicted molar refractivity (Wildman–Crippen MR) is 99.5 cm³/mol. The Morgan fingerprint density at radius 2 is 1.92 bits per heavy atom. The average molecular weight is 340 g/mol. The molecule has 0 saturated carbocycles. The van der Waals surface area contributed by atoms with E-state index in [1.807, 2.05) is 22.6 Å². The molecule has 0 N–H and O–H groups in total. The number of piperazine rings is 1. The molecule has 3 rings (SSSR count). The van der Waals surface area contributed by atoms with Crippen molar-refractivity contribution in [3.63, 3.8) is 0 Å². The van der Waals surface area contributed by atoms with E-state index in [4.69, 9.17) is 0 Å². The number of benzene rings is 1. The van der Waals surface area contributed by atoms with Gasteiger partial charge in [0.25, 0.3) is 0 Å². The second kappa shape index (κ2) is 7.40. The molecule has 1 amide bonds. The van der Waals surface area contributed by atoms with Gasteiger partial charge in [-0.05, 0) is 38.4 Å².